The maximum atomic E-state index is 12.4. The largest absolute Gasteiger partial charge is 0.508 e. The molecule has 3 rings (SSSR count). The van der Waals surface area contributed by atoms with Crippen molar-refractivity contribution in [3.63, 3.8) is 0 Å². The number of ether oxygens (including phenoxy) is 1. The molecule has 0 saturated carbocycles. The number of phenolic OH excluding ortho intramolecular Hbond substituents is 1. The van der Waals surface area contributed by atoms with E-state index in [4.69, 9.17) is 4.74 Å². The molecule has 5 nitrogen and oxygen atoms in total. The van der Waals surface area contributed by atoms with Crippen molar-refractivity contribution in [3.05, 3.63) is 59.8 Å². The van der Waals surface area contributed by atoms with Crippen molar-refractivity contribution < 1.29 is 14.6 Å². The first-order chi connectivity index (χ1) is 12.1. The molecule has 0 amide bonds. The number of aromatic hydroxyl groups is 1. The van der Waals surface area contributed by atoms with Gasteiger partial charge in [-0.3, -0.25) is 4.98 Å². The van der Waals surface area contributed by atoms with E-state index in [0.717, 1.165) is 22.9 Å². The van der Waals surface area contributed by atoms with Crippen LogP contribution in [0.5, 0.6) is 5.75 Å². The lowest BCUT2D eigenvalue weighted by atomic mass is 10.0. The Kier molecular flexibility index (Phi) is 4.84. The lowest BCUT2D eigenvalue weighted by Gasteiger charge is -2.15. The number of phenols is 1. The van der Waals surface area contributed by atoms with E-state index in [9.17, 15) is 9.90 Å². The van der Waals surface area contributed by atoms with Crippen molar-refractivity contribution in [2.75, 3.05) is 11.9 Å². The average Bonchev–Trinajstić information content (AvgIpc) is 2.61. The maximum absolute atomic E-state index is 12.4. The lowest BCUT2D eigenvalue weighted by Crippen LogP contribution is -2.09. The van der Waals surface area contributed by atoms with Crippen molar-refractivity contribution in [1.29, 1.82) is 0 Å². The van der Waals surface area contributed by atoms with Gasteiger partial charge in [-0.15, -0.1) is 0 Å². The number of nitrogens with one attached hydrogen (secondary N) is 1. The van der Waals surface area contributed by atoms with E-state index in [1.807, 2.05) is 24.3 Å². The first-order valence-corrected chi connectivity index (χ1v) is 8.27. The number of nitrogens with zero attached hydrogens (tertiary/aromatic N) is 1. The van der Waals surface area contributed by atoms with Gasteiger partial charge in [0.1, 0.15) is 11.3 Å². The normalized spacial score (nSPS) is 10.6. The van der Waals surface area contributed by atoms with Gasteiger partial charge in [-0.2, -0.15) is 0 Å². The highest BCUT2D eigenvalue weighted by Crippen LogP contribution is 2.32. The van der Waals surface area contributed by atoms with Crippen LogP contribution in [0, 0.1) is 0 Å². The topological polar surface area (TPSA) is 71.5 Å². The Bertz CT molecular complexity index is 922. The third kappa shape index (κ3) is 3.40. The Morgan fingerprint density at radius 2 is 2.00 bits per heavy atom. The SMILES string of the molecule is CCOC(=O)c1cnc2c(CC)cccc2c1Nc1cccc(O)c1. The number of pyridine rings is 1. The molecule has 128 valence electrons. The van der Waals surface area contributed by atoms with Crippen LogP contribution in [0.2, 0.25) is 0 Å². The minimum Gasteiger partial charge on any atom is -0.508 e. The van der Waals surface area contributed by atoms with Crippen molar-refractivity contribution >= 4 is 28.2 Å². The van der Waals surface area contributed by atoms with Gasteiger partial charge in [-0.25, -0.2) is 4.79 Å². The molecule has 0 fully saturated rings. The van der Waals surface area contributed by atoms with Crippen LogP contribution >= 0.6 is 0 Å². The standard InChI is InChI=1S/C20H20N2O3/c1-3-13-7-5-10-16-18(13)21-12-17(20(24)25-4-2)19(16)22-14-8-6-9-15(23)11-14/h5-12,23H,3-4H2,1-2H3,(H,21,22). The number of fused-ring (bicyclic) bond motifs is 1. The second-order valence-corrected chi connectivity index (χ2v) is 5.61. The Balaban J connectivity index is 2.20. The Morgan fingerprint density at radius 3 is 2.72 bits per heavy atom. The number of anilines is 2. The lowest BCUT2D eigenvalue weighted by molar-refractivity contribution is 0.0527. The van der Waals surface area contributed by atoms with Crippen LogP contribution in [-0.4, -0.2) is 22.7 Å². The highest BCUT2D eigenvalue weighted by Gasteiger charge is 2.18. The summed E-state index contributed by atoms with van der Waals surface area (Å²) in [5.74, 6) is -0.281. The molecule has 0 spiro atoms. The summed E-state index contributed by atoms with van der Waals surface area (Å²) in [6.07, 6.45) is 2.39. The summed E-state index contributed by atoms with van der Waals surface area (Å²) in [5, 5.41) is 13.8. The van der Waals surface area contributed by atoms with Gasteiger partial charge in [-0.05, 0) is 31.0 Å². The van der Waals surface area contributed by atoms with Crippen LogP contribution in [0.25, 0.3) is 10.9 Å². The number of aromatic nitrogens is 1. The second kappa shape index (κ2) is 7.21. The van der Waals surface area contributed by atoms with Crippen molar-refractivity contribution in [2.45, 2.75) is 20.3 Å². The van der Waals surface area contributed by atoms with Gasteiger partial charge in [-0.1, -0.05) is 31.2 Å². The monoisotopic (exact) mass is 336 g/mol. The van der Waals surface area contributed by atoms with Crippen LogP contribution in [0.3, 0.4) is 0 Å². The Labute approximate surface area is 146 Å². The zero-order chi connectivity index (χ0) is 17.8. The fourth-order valence-electron chi connectivity index (χ4n) is 2.80. The van der Waals surface area contributed by atoms with E-state index >= 15 is 0 Å². The van der Waals surface area contributed by atoms with Crippen LogP contribution in [0.1, 0.15) is 29.8 Å². The predicted octanol–water partition coefficient (Wildman–Crippen LogP) is 4.42. The van der Waals surface area contributed by atoms with E-state index in [-0.39, 0.29) is 12.4 Å². The first kappa shape index (κ1) is 16.8. The molecular formula is C20H20N2O3. The van der Waals surface area contributed by atoms with Crippen molar-refractivity contribution in [3.8, 4) is 5.75 Å². The molecule has 0 bridgehead atoms. The predicted molar refractivity (Wildman–Crippen MR) is 98.5 cm³/mol. The molecule has 3 aromatic rings. The molecule has 0 radical (unpaired) electrons. The highest BCUT2D eigenvalue weighted by molar-refractivity contribution is 6.06. The van der Waals surface area contributed by atoms with E-state index in [0.29, 0.717) is 16.9 Å². The van der Waals surface area contributed by atoms with E-state index in [1.54, 1.807) is 31.3 Å². The maximum Gasteiger partial charge on any atom is 0.341 e. The zero-order valence-electron chi connectivity index (χ0n) is 14.2. The zero-order valence-corrected chi connectivity index (χ0v) is 14.2. The van der Waals surface area contributed by atoms with Crippen LogP contribution in [-0.2, 0) is 11.2 Å². The Morgan fingerprint density at radius 1 is 1.20 bits per heavy atom. The molecular weight excluding hydrogens is 316 g/mol. The summed E-state index contributed by atoms with van der Waals surface area (Å²) >= 11 is 0. The van der Waals surface area contributed by atoms with Crippen LogP contribution in [0.15, 0.2) is 48.7 Å². The molecule has 0 aliphatic carbocycles. The van der Waals surface area contributed by atoms with Gasteiger partial charge in [0.15, 0.2) is 0 Å². The van der Waals surface area contributed by atoms with Gasteiger partial charge in [0.05, 0.1) is 17.8 Å². The third-order valence-electron chi connectivity index (χ3n) is 3.97. The summed E-state index contributed by atoms with van der Waals surface area (Å²) in [4.78, 5) is 16.9. The molecule has 1 aromatic heterocycles. The molecule has 0 atom stereocenters. The number of carbonyl (C=O) groups is 1. The number of esters is 1. The summed E-state index contributed by atoms with van der Waals surface area (Å²) in [7, 11) is 0. The summed E-state index contributed by atoms with van der Waals surface area (Å²) in [6, 6.07) is 12.7. The van der Waals surface area contributed by atoms with Gasteiger partial charge < -0.3 is 15.2 Å². The molecule has 0 unspecified atom stereocenters. The molecule has 0 saturated heterocycles. The summed E-state index contributed by atoms with van der Waals surface area (Å²) < 4.78 is 5.17. The van der Waals surface area contributed by atoms with E-state index < -0.39 is 5.97 Å². The molecule has 1 heterocycles. The van der Waals surface area contributed by atoms with Gasteiger partial charge in [0, 0.05) is 23.3 Å². The summed E-state index contributed by atoms with van der Waals surface area (Å²) in [5.41, 5.74) is 3.63. The number of rotatable bonds is 5. The van der Waals surface area contributed by atoms with Gasteiger partial charge >= 0.3 is 5.97 Å². The quantitative estimate of drug-likeness (QED) is 0.675. The van der Waals surface area contributed by atoms with Crippen LogP contribution < -0.4 is 5.32 Å². The number of hydrogen-bond acceptors (Lipinski definition) is 5. The molecule has 25 heavy (non-hydrogen) atoms. The van der Waals surface area contributed by atoms with Gasteiger partial charge in [0.25, 0.3) is 0 Å². The second-order valence-electron chi connectivity index (χ2n) is 5.61. The molecule has 2 N–H and O–H groups in total. The average molecular weight is 336 g/mol. The smallest absolute Gasteiger partial charge is 0.341 e. The number of hydrogen-bond donors (Lipinski definition) is 2. The van der Waals surface area contributed by atoms with Crippen molar-refractivity contribution in [1.82, 2.24) is 4.98 Å². The van der Waals surface area contributed by atoms with Crippen molar-refractivity contribution in [2.24, 2.45) is 0 Å². The van der Waals surface area contributed by atoms with Gasteiger partial charge in [0.2, 0.25) is 0 Å². The van der Waals surface area contributed by atoms with E-state index in [1.165, 1.54) is 0 Å². The Hall–Kier alpha value is -3.08. The van der Waals surface area contributed by atoms with E-state index in [2.05, 4.69) is 17.2 Å². The molecule has 0 aliphatic heterocycles. The minimum absolute atomic E-state index is 0.148. The number of para-hydroxylation sites is 1. The molecule has 0 aliphatic rings. The summed E-state index contributed by atoms with van der Waals surface area (Å²) in [6.45, 7) is 4.12. The fourth-order valence-corrected chi connectivity index (χ4v) is 2.80. The number of carbonyl (C=O) groups excluding carboxylic acids is 1. The number of aryl methyl sites for hydroxylation is 1. The molecule has 5 heteroatoms. The molecule has 2 aromatic carbocycles. The highest BCUT2D eigenvalue weighted by atomic mass is 16.5. The fraction of sp³-hybridized carbons (Fsp3) is 0.200. The van der Waals surface area contributed by atoms with Crippen LogP contribution in [0.4, 0.5) is 11.4 Å². The minimum atomic E-state index is -0.429. The third-order valence-corrected chi connectivity index (χ3v) is 3.97. The number of benzene rings is 2. The first-order valence-electron chi connectivity index (χ1n) is 8.27.